The Bertz CT molecular complexity index is 462. The Balaban J connectivity index is 1.78. The molecule has 0 radical (unpaired) electrons. The van der Waals surface area contributed by atoms with Gasteiger partial charge in [-0.3, -0.25) is 4.90 Å². The summed E-state index contributed by atoms with van der Waals surface area (Å²) in [5.74, 6) is 0. The average molecular weight is 286 g/mol. The number of hydrogen-bond donors (Lipinski definition) is 1. The van der Waals surface area contributed by atoms with Gasteiger partial charge >= 0.3 is 0 Å². The van der Waals surface area contributed by atoms with Crippen molar-refractivity contribution in [2.75, 3.05) is 19.6 Å². The smallest absolute Gasteiger partial charge is 0.0323 e. The molecular weight excluding hydrogens is 256 g/mol. The van der Waals surface area contributed by atoms with Gasteiger partial charge in [0.05, 0.1) is 0 Å². The maximum atomic E-state index is 3.91. The largest absolute Gasteiger partial charge is 0.310 e. The lowest BCUT2D eigenvalue weighted by molar-refractivity contribution is 0.134. The molecule has 2 heteroatoms. The maximum absolute atomic E-state index is 3.91. The highest BCUT2D eigenvalue weighted by Crippen LogP contribution is 2.33. The molecule has 0 amide bonds. The van der Waals surface area contributed by atoms with Crippen molar-refractivity contribution >= 4 is 0 Å². The fraction of sp³-hybridized carbons (Fsp3) is 0.684. The molecule has 1 saturated carbocycles. The van der Waals surface area contributed by atoms with Gasteiger partial charge in [0.15, 0.2) is 0 Å². The van der Waals surface area contributed by atoms with Gasteiger partial charge in [-0.15, -0.1) is 0 Å². The van der Waals surface area contributed by atoms with Gasteiger partial charge in [-0.2, -0.15) is 0 Å². The summed E-state index contributed by atoms with van der Waals surface area (Å²) >= 11 is 0. The first-order chi connectivity index (χ1) is 10.2. The third kappa shape index (κ3) is 3.32. The number of rotatable bonds is 2. The van der Waals surface area contributed by atoms with Crippen molar-refractivity contribution in [1.29, 1.82) is 0 Å². The quantitative estimate of drug-likeness (QED) is 0.882. The third-order valence-corrected chi connectivity index (χ3v) is 5.62. The van der Waals surface area contributed by atoms with Crippen LogP contribution in [-0.4, -0.2) is 30.1 Å². The van der Waals surface area contributed by atoms with Crippen molar-refractivity contribution in [1.82, 2.24) is 10.2 Å². The Hall–Kier alpha value is -0.860. The average Bonchev–Trinajstić information content (AvgIpc) is 2.71. The highest BCUT2D eigenvalue weighted by Gasteiger charge is 2.36. The molecule has 3 rings (SSSR count). The summed E-state index contributed by atoms with van der Waals surface area (Å²) in [6.07, 6.45) is 8.24. The Kier molecular flexibility index (Phi) is 4.66. The van der Waals surface area contributed by atoms with E-state index in [9.17, 15) is 0 Å². The molecule has 0 bridgehead atoms. The van der Waals surface area contributed by atoms with E-state index in [1.165, 1.54) is 69.3 Å². The second-order valence-corrected chi connectivity index (χ2v) is 7.12. The van der Waals surface area contributed by atoms with Gasteiger partial charge in [0.25, 0.3) is 0 Å². The van der Waals surface area contributed by atoms with Crippen LogP contribution < -0.4 is 5.32 Å². The topological polar surface area (TPSA) is 15.3 Å². The molecule has 2 nitrogen and oxygen atoms in total. The van der Waals surface area contributed by atoms with Crippen molar-refractivity contribution in [2.45, 2.75) is 64.0 Å². The van der Waals surface area contributed by atoms with Crippen LogP contribution in [0.3, 0.4) is 0 Å². The lowest BCUT2D eigenvalue weighted by atomic mass is 9.81. The monoisotopic (exact) mass is 286 g/mol. The Morgan fingerprint density at radius 1 is 1.10 bits per heavy atom. The molecule has 1 aliphatic carbocycles. The minimum atomic E-state index is 0.395. The van der Waals surface area contributed by atoms with E-state index in [2.05, 4.69) is 48.3 Å². The molecule has 1 aromatic carbocycles. The lowest BCUT2D eigenvalue weighted by Gasteiger charge is -2.42. The van der Waals surface area contributed by atoms with E-state index >= 15 is 0 Å². The van der Waals surface area contributed by atoms with Crippen molar-refractivity contribution in [2.24, 2.45) is 0 Å². The van der Waals surface area contributed by atoms with Crippen molar-refractivity contribution in [3.8, 4) is 0 Å². The summed E-state index contributed by atoms with van der Waals surface area (Å²) in [4.78, 5) is 2.73. The minimum Gasteiger partial charge on any atom is -0.310 e. The summed E-state index contributed by atoms with van der Waals surface area (Å²) in [7, 11) is 0. The first-order valence-corrected chi connectivity index (χ1v) is 8.75. The van der Waals surface area contributed by atoms with Crippen LogP contribution in [0.4, 0.5) is 0 Å². The normalized spacial score (nSPS) is 24.7. The molecule has 1 unspecified atom stereocenters. The van der Waals surface area contributed by atoms with Gasteiger partial charge in [0, 0.05) is 24.7 Å². The van der Waals surface area contributed by atoms with E-state index in [1.54, 1.807) is 0 Å². The number of aryl methyl sites for hydroxylation is 1. The molecule has 1 N–H and O–H groups in total. The SMILES string of the molecule is Cc1ccccc1C(C)N1CCCNC2(CCCCC2)C1. The molecular formula is C19H30N2. The van der Waals surface area contributed by atoms with E-state index < -0.39 is 0 Å². The fourth-order valence-corrected chi connectivity index (χ4v) is 4.31. The van der Waals surface area contributed by atoms with Crippen molar-refractivity contribution < 1.29 is 0 Å². The molecule has 0 aromatic heterocycles. The summed E-state index contributed by atoms with van der Waals surface area (Å²) in [5, 5.41) is 3.91. The molecule has 116 valence electrons. The Labute approximate surface area is 129 Å². The molecule has 1 aromatic rings. The molecule has 1 heterocycles. The van der Waals surface area contributed by atoms with Crippen LogP contribution in [0.25, 0.3) is 0 Å². The van der Waals surface area contributed by atoms with E-state index in [1.807, 2.05) is 0 Å². The van der Waals surface area contributed by atoms with Crippen molar-refractivity contribution in [3.05, 3.63) is 35.4 Å². The predicted molar refractivity (Wildman–Crippen MR) is 89.6 cm³/mol. The van der Waals surface area contributed by atoms with E-state index in [0.29, 0.717) is 11.6 Å². The zero-order valence-corrected chi connectivity index (χ0v) is 13.7. The van der Waals surface area contributed by atoms with Crippen LogP contribution in [0.15, 0.2) is 24.3 Å². The van der Waals surface area contributed by atoms with Crippen LogP contribution in [0.1, 0.15) is 62.6 Å². The fourth-order valence-electron chi connectivity index (χ4n) is 4.31. The first-order valence-electron chi connectivity index (χ1n) is 8.75. The zero-order valence-electron chi connectivity index (χ0n) is 13.7. The van der Waals surface area contributed by atoms with Gasteiger partial charge in [-0.05, 0) is 50.8 Å². The second-order valence-electron chi connectivity index (χ2n) is 7.12. The van der Waals surface area contributed by atoms with Crippen LogP contribution in [0.2, 0.25) is 0 Å². The predicted octanol–water partition coefficient (Wildman–Crippen LogP) is 4.05. The second kappa shape index (κ2) is 6.50. The molecule has 2 aliphatic rings. The molecule has 1 saturated heterocycles. The molecule has 2 fully saturated rings. The standard InChI is InChI=1S/C19H30N2/c1-16-9-4-5-10-18(16)17(2)21-14-8-13-20-19(15-21)11-6-3-7-12-19/h4-5,9-10,17,20H,3,6-8,11-15H2,1-2H3. The lowest BCUT2D eigenvalue weighted by Crippen LogP contribution is -2.53. The molecule has 21 heavy (non-hydrogen) atoms. The summed E-state index contributed by atoms with van der Waals surface area (Å²) < 4.78 is 0. The van der Waals surface area contributed by atoms with Crippen LogP contribution >= 0.6 is 0 Å². The van der Waals surface area contributed by atoms with E-state index in [0.717, 1.165) is 0 Å². The highest BCUT2D eigenvalue weighted by molar-refractivity contribution is 5.28. The van der Waals surface area contributed by atoms with Gasteiger partial charge in [0.2, 0.25) is 0 Å². The summed E-state index contributed by atoms with van der Waals surface area (Å²) in [6.45, 7) is 8.28. The highest BCUT2D eigenvalue weighted by atomic mass is 15.2. The van der Waals surface area contributed by atoms with Crippen molar-refractivity contribution in [3.63, 3.8) is 0 Å². The maximum Gasteiger partial charge on any atom is 0.0323 e. The Morgan fingerprint density at radius 3 is 2.62 bits per heavy atom. The summed E-state index contributed by atoms with van der Waals surface area (Å²) in [5.41, 5.74) is 3.33. The number of hydrogen-bond acceptors (Lipinski definition) is 2. The van der Waals surface area contributed by atoms with E-state index in [-0.39, 0.29) is 0 Å². The van der Waals surface area contributed by atoms with Crippen LogP contribution in [0.5, 0.6) is 0 Å². The Morgan fingerprint density at radius 2 is 1.86 bits per heavy atom. The molecule has 1 atom stereocenters. The van der Waals surface area contributed by atoms with E-state index in [4.69, 9.17) is 0 Å². The zero-order chi connectivity index (χ0) is 14.7. The van der Waals surface area contributed by atoms with Crippen LogP contribution in [-0.2, 0) is 0 Å². The van der Waals surface area contributed by atoms with Gasteiger partial charge in [-0.25, -0.2) is 0 Å². The molecule has 1 spiro atoms. The molecule has 1 aliphatic heterocycles. The first kappa shape index (κ1) is 15.1. The number of nitrogens with zero attached hydrogens (tertiary/aromatic N) is 1. The number of nitrogens with one attached hydrogen (secondary N) is 1. The van der Waals surface area contributed by atoms with Crippen LogP contribution in [0, 0.1) is 6.92 Å². The third-order valence-electron chi connectivity index (χ3n) is 5.62. The van der Waals surface area contributed by atoms with Gasteiger partial charge in [-0.1, -0.05) is 43.5 Å². The number of benzene rings is 1. The minimum absolute atomic E-state index is 0.395. The van der Waals surface area contributed by atoms with Gasteiger partial charge < -0.3 is 5.32 Å². The van der Waals surface area contributed by atoms with Gasteiger partial charge in [0.1, 0.15) is 0 Å². The summed E-state index contributed by atoms with van der Waals surface area (Å²) in [6, 6.07) is 9.43.